The molecule has 1 saturated heterocycles. The molecule has 1 aromatic carbocycles. The molecule has 0 radical (unpaired) electrons. The van der Waals surface area contributed by atoms with E-state index in [-0.39, 0.29) is 11.9 Å². The maximum Gasteiger partial charge on any atom is 0.145 e. The van der Waals surface area contributed by atoms with Gasteiger partial charge in [-0.2, -0.15) is 0 Å². The molecule has 1 aliphatic rings. The molecule has 1 aromatic heterocycles. The van der Waals surface area contributed by atoms with E-state index in [1.807, 2.05) is 18.2 Å². The number of hydrogen-bond acceptors (Lipinski definition) is 5. The zero-order chi connectivity index (χ0) is 16.2. The van der Waals surface area contributed by atoms with Gasteiger partial charge in [0.25, 0.3) is 0 Å². The van der Waals surface area contributed by atoms with Crippen LogP contribution in [-0.2, 0) is 11.2 Å². The van der Waals surface area contributed by atoms with Crippen molar-refractivity contribution in [3.63, 3.8) is 0 Å². The van der Waals surface area contributed by atoms with Crippen LogP contribution in [0.3, 0.4) is 0 Å². The molecule has 0 spiro atoms. The van der Waals surface area contributed by atoms with Crippen LogP contribution in [0.2, 0.25) is 0 Å². The summed E-state index contributed by atoms with van der Waals surface area (Å²) in [6.45, 7) is 3.61. The smallest absolute Gasteiger partial charge is 0.145 e. The van der Waals surface area contributed by atoms with Crippen LogP contribution in [0.15, 0.2) is 24.4 Å². The fourth-order valence-corrected chi connectivity index (χ4v) is 2.98. The molecule has 124 valence electrons. The molecule has 1 atom stereocenters. The van der Waals surface area contributed by atoms with E-state index in [0.717, 1.165) is 30.5 Å². The van der Waals surface area contributed by atoms with Crippen molar-refractivity contribution < 1.29 is 13.9 Å². The van der Waals surface area contributed by atoms with Crippen molar-refractivity contribution in [3.8, 4) is 5.75 Å². The molecule has 0 bridgehead atoms. The van der Waals surface area contributed by atoms with Gasteiger partial charge in [0.15, 0.2) is 0 Å². The number of hydrogen-bond donors (Lipinski definition) is 1. The van der Waals surface area contributed by atoms with Crippen LogP contribution in [0.25, 0.3) is 10.9 Å². The number of aromatic nitrogens is 1. The molecule has 0 aliphatic carbocycles. The second-order valence-corrected chi connectivity index (χ2v) is 5.75. The van der Waals surface area contributed by atoms with Crippen molar-refractivity contribution in [1.29, 1.82) is 0 Å². The molecule has 2 heterocycles. The van der Waals surface area contributed by atoms with Gasteiger partial charge in [-0.3, -0.25) is 9.88 Å². The van der Waals surface area contributed by atoms with Crippen LogP contribution >= 0.6 is 0 Å². The highest BCUT2D eigenvalue weighted by Crippen LogP contribution is 2.25. The summed E-state index contributed by atoms with van der Waals surface area (Å²) in [4.78, 5) is 6.43. The van der Waals surface area contributed by atoms with Crippen molar-refractivity contribution in [3.05, 3.63) is 35.8 Å². The van der Waals surface area contributed by atoms with Gasteiger partial charge in [-0.1, -0.05) is 0 Å². The van der Waals surface area contributed by atoms with E-state index in [0.29, 0.717) is 30.9 Å². The first-order valence-corrected chi connectivity index (χ1v) is 7.86. The Hall–Kier alpha value is -1.76. The Kier molecular flexibility index (Phi) is 5.05. The molecule has 0 amide bonds. The lowest BCUT2D eigenvalue weighted by Gasteiger charge is -2.32. The van der Waals surface area contributed by atoms with E-state index in [4.69, 9.17) is 15.2 Å². The van der Waals surface area contributed by atoms with Crippen LogP contribution < -0.4 is 10.5 Å². The van der Waals surface area contributed by atoms with Gasteiger partial charge in [0, 0.05) is 37.1 Å². The fourth-order valence-electron chi connectivity index (χ4n) is 2.98. The summed E-state index contributed by atoms with van der Waals surface area (Å²) < 4.78 is 25.1. The Bertz CT molecular complexity index is 680. The zero-order valence-electron chi connectivity index (χ0n) is 13.3. The first-order chi connectivity index (χ1) is 11.2. The number of ether oxygens (including phenoxy) is 2. The summed E-state index contributed by atoms with van der Waals surface area (Å²) in [7, 11) is 1.61. The molecule has 2 aromatic rings. The highest BCUT2D eigenvalue weighted by molar-refractivity contribution is 5.83. The first kappa shape index (κ1) is 16.1. The van der Waals surface area contributed by atoms with E-state index in [1.165, 1.54) is 6.20 Å². The van der Waals surface area contributed by atoms with Gasteiger partial charge >= 0.3 is 0 Å². The number of pyridine rings is 1. The molecule has 23 heavy (non-hydrogen) atoms. The van der Waals surface area contributed by atoms with Crippen molar-refractivity contribution in [2.24, 2.45) is 5.73 Å². The number of benzene rings is 1. The Morgan fingerprint density at radius 2 is 2.35 bits per heavy atom. The molecule has 0 saturated carbocycles. The van der Waals surface area contributed by atoms with Crippen molar-refractivity contribution in [2.45, 2.75) is 12.5 Å². The highest BCUT2D eigenvalue weighted by Gasteiger charge is 2.20. The Morgan fingerprint density at radius 1 is 1.48 bits per heavy atom. The topological polar surface area (TPSA) is 60.6 Å². The lowest BCUT2D eigenvalue weighted by Crippen LogP contribution is -2.46. The number of methoxy groups -OCH3 is 1. The molecule has 5 nitrogen and oxygen atoms in total. The van der Waals surface area contributed by atoms with Crippen LogP contribution in [-0.4, -0.2) is 55.9 Å². The SMILES string of the molecule is COc1ccc2ncc(F)c(CCN3CCO[C@@H](CN)C3)c2c1. The number of fused-ring (bicyclic) bond motifs is 1. The predicted molar refractivity (Wildman–Crippen MR) is 87.2 cm³/mol. The van der Waals surface area contributed by atoms with Gasteiger partial charge in [0.1, 0.15) is 11.6 Å². The summed E-state index contributed by atoms with van der Waals surface area (Å²) in [6, 6.07) is 5.55. The van der Waals surface area contributed by atoms with E-state index >= 15 is 0 Å². The van der Waals surface area contributed by atoms with E-state index < -0.39 is 0 Å². The lowest BCUT2D eigenvalue weighted by molar-refractivity contribution is -0.0226. The summed E-state index contributed by atoms with van der Waals surface area (Å²) >= 11 is 0. The van der Waals surface area contributed by atoms with Gasteiger partial charge in [-0.25, -0.2) is 4.39 Å². The van der Waals surface area contributed by atoms with E-state index in [2.05, 4.69) is 9.88 Å². The Labute approximate surface area is 135 Å². The van der Waals surface area contributed by atoms with Gasteiger partial charge in [0.05, 0.1) is 31.5 Å². The quantitative estimate of drug-likeness (QED) is 0.907. The highest BCUT2D eigenvalue weighted by atomic mass is 19.1. The first-order valence-electron chi connectivity index (χ1n) is 7.86. The van der Waals surface area contributed by atoms with Crippen LogP contribution in [0, 0.1) is 5.82 Å². The molecule has 2 N–H and O–H groups in total. The van der Waals surface area contributed by atoms with Gasteiger partial charge < -0.3 is 15.2 Å². The normalized spacial score (nSPS) is 19.2. The third-order valence-corrected chi connectivity index (χ3v) is 4.30. The third-order valence-electron chi connectivity index (χ3n) is 4.30. The molecule has 1 fully saturated rings. The maximum atomic E-state index is 14.3. The summed E-state index contributed by atoms with van der Waals surface area (Å²) in [5.74, 6) is 0.440. The molecule has 0 unspecified atom stereocenters. The molecule has 3 rings (SSSR count). The van der Waals surface area contributed by atoms with Crippen LogP contribution in [0.4, 0.5) is 4.39 Å². The maximum absolute atomic E-state index is 14.3. The molecular weight excluding hydrogens is 297 g/mol. The van der Waals surface area contributed by atoms with Crippen molar-refractivity contribution in [2.75, 3.05) is 39.9 Å². The molecule has 6 heteroatoms. The fraction of sp³-hybridized carbons (Fsp3) is 0.471. The number of halogens is 1. The monoisotopic (exact) mass is 319 g/mol. The van der Waals surface area contributed by atoms with Crippen molar-refractivity contribution in [1.82, 2.24) is 9.88 Å². The number of morpholine rings is 1. The largest absolute Gasteiger partial charge is 0.497 e. The predicted octanol–water partition coefficient (Wildman–Crippen LogP) is 1.58. The third kappa shape index (κ3) is 3.60. The van der Waals surface area contributed by atoms with Crippen LogP contribution in [0.5, 0.6) is 5.75 Å². The number of rotatable bonds is 5. The average molecular weight is 319 g/mol. The molecule has 1 aliphatic heterocycles. The Morgan fingerprint density at radius 3 is 3.13 bits per heavy atom. The summed E-state index contributed by atoms with van der Waals surface area (Å²) in [5, 5.41) is 0.813. The van der Waals surface area contributed by atoms with Crippen LogP contribution in [0.1, 0.15) is 5.56 Å². The van der Waals surface area contributed by atoms with Gasteiger partial charge in [-0.15, -0.1) is 0 Å². The average Bonchev–Trinajstić information content (AvgIpc) is 2.60. The van der Waals surface area contributed by atoms with Gasteiger partial charge in [0.2, 0.25) is 0 Å². The summed E-state index contributed by atoms with van der Waals surface area (Å²) in [5.41, 5.74) is 7.14. The minimum atomic E-state index is -0.269. The van der Waals surface area contributed by atoms with Gasteiger partial charge in [-0.05, 0) is 24.6 Å². The van der Waals surface area contributed by atoms with E-state index in [1.54, 1.807) is 7.11 Å². The number of nitrogens with two attached hydrogens (primary N) is 1. The Balaban J connectivity index is 1.80. The standard InChI is InChI=1S/C17H22FN3O2/c1-22-12-2-3-17-15(8-12)14(16(18)10-20-17)4-5-21-6-7-23-13(9-19)11-21/h2-3,8,10,13H,4-7,9,11,19H2,1H3/t13-/m0/s1. The minimum Gasteiger partial charge on any atom is -0.497 e. The van der Waals surface area contributed by atoms with E-state index in [9.17, 15) is 4.39 Å². The van der Waals surface area contributed by atoms with Crippen molar-refractivity contribution >= 4 is 10.9 Å². The second-order valence-electron chi connectivity index (χ2n) is 5.75. The lowest BCUT2D eigenvalue weighted by atomic mass is 10.0. The minimum absolute atomic E-state index is 0.0721. The summed E-state index contributed by atoms with van der Waals surface area (Å²) in [6.07, 6.45) is 1.99. The second kappa shape index (κ2) is 7.21. The number of nitrogens with zero attached hydrogens (tertiary/aromatic N) is 2. The molecular formula is C17H22FN3O2. The zero-order valence-corrected chi connectivity index (χ0v) is 13.3.